The minimum absolute atomic E-state index is 0.0445. The third kappa shape index (κ3) is 4.88. The van der Waals surface area contributed by atoms with Crippen LogP contribution >= 0.6 is 0 Å². The zero-order chi connectivity index (χ0) is 22.8. The van der Waals surface area contributed by atoms with Crippen LogP contribution in [0.4, 0.5) is 5.95 Å². The lowest BCUT2D eigenvalue weighted by molar-refractivity contribution is 0.182. The van der Waals surface area contributed by atoms with Crippen molar-refractivity contribution in [1.29, 1.82) is 0 Å². The van der Waals surface area contributed by atoms with Crippen molar-refractivity contribution in [2.45, 2.75) is 58.5 Å². The third-order valence-corrected chi connectivity index (χ3v) is 6.96. The van der Waals surface area contributed by atoms with E-state index in [2.05, 4.69) is 17.2 Å². The van der Waals surface area contributed by atoms with Gasteiger partial charge in [0.05, 0.1) is 23.7 Å². The van der Waals surface area contributed by atoms with Crippen molar-refractivity contribution in [3.05, 3.63) is 58.8 Å². The van der Waals surface area contributed by atoms with Gasteiger partial charge in [0, 0.05) is 37.5 Å². The van der Waals surface area contributed by atoms with Gasteiger partial charge in [-0.3, -0.25) is 9.13 Å². The highest BCUT2D eigenvalue weighted by Crippen LogP contribution is 2.27. The predicted octanol–water partition coefficient (Wildman–Crippen LogP) is 4.43. The zero-order valence-corrected chi connectivity index (χ0v) is 19.5. The van der Waals surface area contributed by atoms with Gasteiger partial charge in [0.15, 0.2) is 0 Å². The number of anilines is 1. The monoisotopic (exact) mass is 447 g/mol. The van der Waals surface area contributed by atoms with Crippen LogP contribution < -0.4 is 11.0 Å². The molecule has 1 unspecified atom stereocenters. The first-order chi connectivity index (χ1) is 16.1. The van der Waals surface area contributed by atoms with Crippen LogP contribution in [-0.4, -0.2) is 38.4 Å². The second kappa shape index (κ2) is 9.51. The summed E-state index contributed by atoms with van der Waals surface area (Å²) in [4.78, 5) is 22.8. The first-order valence-electron chi connectivity index (χ1n) is 12.1. The highest BCUT2D eigenvalue weighted by Gasteiger charge is 2.22. The van der Waals surface area contributed by atoms with E-state index in [0.29, 0.717) is 31.1 Å². The van der Waals surface area contributed by atoms with Gasteiger partial charge in [0.1, 0.15) is 0 Å². The number of benzene rings is 1. The summed E-state index contributed by atoms with van der Waals surface area (Å²) >= 11 is 0. The standard InChI is InChI=1S/C26H33N5O2/c1-18-6-8-21(9-7-18)28-25-27-12-10-23(29-25)24-16-30(15-20-11-13-33-17-20)26(32)31(24)22-5-3-4-19(2)14-22/h3-5,10,12,14,16,18,20-21H,6-9,11,13,15,17H2,1-2H3,(H,27,28,29). The molecule has 0 amide bonds. The Bertz CT molecular complexity index is 1150. The van der Waals surface area contributed by atoms with E-state index in [1.54, 1.807) is 10.8 Å². The Kier molecular flexibility index (Phi) is 6.31. The van der Waals surface area contributed by atoms with Gasteiger partial charge in [-0.15, -0.1) is 0 Å². The molecule has 3 aromatic rings. The summed E-state index contributed by atoms with van der Waals surface area (Å²) in [6, 6.07) is 10.3. The molecule has 1 saturated carbocycles. The van der Waals surface area contributed by atoms with Crippen molar-refractivity contribution >= 4 is 5.95 Å². The quantitative estimate of drug-likeness (QED) is 0.605. The van der Waals surface area contributed by atoms with Gasteiger partial charge in [0.2, 0.25) is 5.95 Å². The number of nitrogens with zero attached hydrogens (tertiary/aromatic N) is 4. The Balaban J connectivity index is 1.50. The van der Waals surface area contributed by atoms with Crippen LogP contribution in [0, 0.1) is 18.8 Å². The molecule has 33 heavy (non-hydrogen) atoms. The molecule has 2 aliphatic rings. The van der Waals surface area contributed by atoms with E-state index in [1.165, 1.54) is 12.8 Å². The number of rotatable bonds is 6. The molecule has 2 fully saturated rings. The van der Waals surface area contributed by atoms with E-state index in [9.17, 15) is 4.79 Å². The Morgan fingerprint density at radius 2 is 2.00 bits per heavy atom. The fourth-order valence-electron chi connectivity index (χ4n) is 4.98. The van der Waals surface area contributed by atoms with Crippen LogP contribution in [-0.2, 0) is 11.3 Å². The molecule has 3 heterocycles. The summed E-state index contributed by atoms with van der Waals surface area (Å²) in [5.74, 6) is 1.79. The first kappa shape index (κ1) is 21.9. The minimum atomic E-state index is -0.0445. The van der Waals surface area contributed by atoms with Gasteiger partial charge < -0.3 is 10.1 Å². The smallest absolute Gasteiger partial charge is 0.333 e. The van der Waals surface area contributed by atoms with E-state index in [0.717, 1.165) is 54.4 Å². The predicted molar refractivity (Wildman–Crippen MR) is 130 cm³/mol. The van der Waals surface area contributed by atoms with Gasteiger partial charge in [-0.25, -0.2) is 14.8 Å². The molecule has 1 aliphatic heterocycles. The average Bonchev–Trinajstić information content (AvgIpc) is 3.44. The molecule has 5 rings (SSSR count). The molecule has 0 spiro atoms. The fourth-order valence-corrected chi connectivity index (χ4v) is 4.98. The van der Waals surface area contributed by atoms with Gasteiger partial charge in [-0.1, -0.05) is 19.1 Å². The van der Waals surface area contributed by atoms with Crippen molar-refractivity contribution in [2.24, 2.45) is 11.8 Å². The number of hydrogen-bond donors (Lipinski definition) is 1. The maximum atomic E-state index is 13.5. The second-order valence-electron chi connectivity index (χ2n) is 9.72. The highest BCUT2D eigenvalue weighted by atomic mass is 16.5. The number of aryl methyl sites for hydroxylation is 1. The topological polar surface area (TPSA) is 74.0 Å². The van der Waals surface area contributed by atoms with Gasteiger partial charge in [0.25, 0.3) is 0 Å². The number of imidazole rings is 1. The van der Waals surface area contributed by atoms with Crippen molar-refractivity contribution in [3.8, 4) is 17.1 Å². The SMILES string of the molecule is Cc1cccc(-n2c(-c3ccnc(NC4CCC(C)CC4)n3)cn(CC3CCOC3)c2=O)c1. The summed E-state index contributed by atoms with van der Waals surface area (Å²) < 4.78 is 9.12. The molecule has 1 N–H and O–H groups in total. The van der Waals surface area contributed by atoms with Crippen LogP contribution in [0.1, 0.15) is 44.6 Å². The molecular formula is C26H33N5O2. The molecule has 7 heteroatoms. The lowest BCUT2D eigenvalue weighted by Gasteiger charge is -2.26. The maximum Gasteiger partial charge on any atom is 0.333 e. The fraction of sp³-hybridized carbons (Fsp3) is 0.500. The Morgan fingerprint density at radius 1 is 1.15 bits per heavy atom. The van der Waals surface area contributed by atoms with Crippen LogP contribution in [0.3, 0.4) is 0 Å². The van der Waals surface area contributed by atoms with E-state index in [1.807, 2.05) is 48.0 Å². The summed E-state index contributed by atoms with van der Waals surface area (Å²) in [6.45, 7) is 6.49. The molecule has 0 radical (unpaired) electrons. The second-order valence-corrected chi connectivity index (χ2v) is 9.72. The zero-order valence-electron chi connectivity index (χ0n) is 19.5. The summed E-state index contributed by atoms with van der Waals surface area (Å²) in [5, 5.41) is 3.53. The molecule has 1 aromatic carbocycles. The third-order valence-electron chi connectivity index (χ3n) is 6.96. The number of nitrogens with one attached hydrogen (secondary N) is 1. The number of ether oxygens (including phenoxy) is 1. The first-order valence-corrected chi connectivity index (χ1v) is 12.1. The molecule has 1 aliphatic carbocycles. The molecule has 7 nitrogen and oxygen atoms in total. The molecule has 2 aromatic heterocycles. The van der Waals surface area contributed by atoms with Gasteiger partial charge in [-0.05, 0) is 68.7 Å². The van der Waals surface area contributed by atoms with Crippen LogP contribution in [0.2, 0.25) is 0 Å². The van der Waals surface area contributed by atoms with E-state index in [4.69, 9.17) is 9.72 Å². The molecule has 174 valence electrons. The van der Waals surface area contributed by atoms with Crippen molar-refractivity contribution in [1.82, 2.24) is 19.1 Å². The van der Waals surface area contributed by atoms with E-state index < -0.39 is 0 Å². The minimum Gasteiger partial charge on any atom is -0.381 e. The van der Waals surface area contributed by atoms with Crippen LogP contribution in [0.25, 0.3) is 17.1 Å². The van der Waals surface area contributed by atoms with E-state index in [-0.39, 0.29) is 5.69 Å². The van der Waals surface area contributed by atoms with Gasteiger partial charge >= 0.3 is 5.69 Å². The highest BCUT2D eigenvalue weighted by molar-refractivity contribution is 5.59. The molecular weight excluding hydrogens is 414 g/mol. The lowest BCUT2D eigenvalue weighted by atomic mass is 9.87. The average molecular weight is 448 g/mol. The Morgan fingerprint density at radius 3 is 2.76 bits per heavy atom. The number of aromatic nitrogens is 4. The Hall–Kier alpha value is -2.93. The largest absolute Gasteiger partial charge is 0.381 e. The van der Waals surface area contributed by atoms with E-state index >= 15 is 0 Å². The molecule has 1 saturated heterocycles. The normalized spacial score (nSPS) is 23.0. The van der Waals surface area contributed by atoms with Crippen molar-refractivity contribution in [2.75, 3.05) is 18.5 Å². The lowest BCUT2D eigenvalue weighted by Crippen LogP contribution is -2.26. The van der Waals surface area contributed by atoms with Crippen molar-refractivity contribution < 1.29 is 4.74 Å². The maximum absolute atomic E-state index is 13.5. The van der Waals surface area contributed by atoms with Crippen LogP contribution in [0.5, 0.6) is 0 Å². The molecule has 1 atom stereocenters. The molecule has 0 bridgehead atoms. The van der Waals surface area contributed by atoms with Crippen molar-refractivity contribution in [3.63, 3.8) is 0 Å². The number of hydrogen-bond acceptors (Lipinski definition) is 5. The summed E-state index contributed by atoms with van der Waals surface area (Å²) in [6.07, 6.45) is 9.46. The Labute approximate surface area is 194 Å². The van der Waals surface area contributed by atoms with Gasteiger partial charge in [-0.2, -0.15) is 0 Å². The summed E-state index contributed by atoms with van der Waals surface area (Å²) in [5.41, 5.74) is 3.45. The van der Waals surface area contributed by atoms with Crippen LogP contribution in [0.15, 0.2) is 47.5 Å². The summed E-state index contributed by atoms with van der Waals surface area (Å²) in [7, 11) is 0.